The zero-order chi connectivity index (χ0) is 7.40. The summed E-state index contributed by atoms with van der Waals surface area (Å²) in [6, 6.07) is 0. The lowest BCUT2D eigenvalue weighted by molar-refractivity contribution is 0.490. The van der Waals surface area contributed by atoms with Crippen LogP contribution in [0.1, 0.15) is 25.7 Å². The topological polar surface area (TPSA) is 26.0 Å². The minimum Gasteiger partial charge on any atom is -0.330 e. The summed E-state index contributed by atoms with van der Waals surface area (Å²) >= 11 is 2.50. The molecule has 1 rings (SSSR count). The van der Waals surface area contributed by atoms with Crippen LogP contribution >= 0.6 is 22.6 Å². The van der Waals surface area contributed by atoms with Crippen molar-refractivity contribution in [1.82, 2.24) is 0 Å². The molecule has 0 amide bonds. The SMILES string of the molecule is NCCC1CCC(CI)C1. The van der Waals surface area contributed by atoms with E-state index in [0.717, 1.165) is 18.4 Å². The Hall–Kier alpha value is 0.690. The van der Waals surface area contributed by atoms with Crippen molar-refractivity contribution in [2.75, 3.05) is 11.0 Å². The molecule has 2 unspecified atom stereocenters. The van der Waals surface area contributed by atoms with E-state index in [1.54, 1.807) is 0 Å². The van der Waals surface area contributed by atoms with Gasteiger partial charge in [-0.1, -0.05) is 29.0 Å². The highest BCUT2D eigenvalue weighted by Crippen LogP contribution is 2.33. The van der Waals surface area contributed by atoms with Gasteiger partial charge in [0.2, 0.25) is 0 Å². The van der Waals surface area contributed by atoms with Crippen LogP contribution in [0.2, 0.25) is 0 Å². The fourth-order valence-corrected chi connectivity index (χ4v) is 2.62. The highest BCUT2D eigenvalue weighted by molar-refractivity contribution is 14.1. The van der Waals surface area contributed by atoms with E-state index in [9.17, 15) is 0 Å². The average molecular weight is 253 g/mol. The highest BCUT2D eigenvalue weighted by Gasteiger charge is 2.22. The summed E-state index contributed by atoms with van der Waals surface area (Å²) in [7, 11) is 0. The molecule has 0 aliphatic heterocycles. The summed E-state index contributed by atoms with van der Waals surface area (Å²) in [6.07, 6.45) is 5.59. The number of alkyl halides is 1. The predicted octanol–water partition coefficient (Wildman–Crippen LogP) is 2.19. The van der Waals surface area contributed by atoms with Crippen molar-refractivity contribution in [2.45, 2.75) is 25.7 Å². The minimum absolute atomic E-state index is 0.888. The molecule has 0 aromatic heterocycles. The predicted molar refractivity (Wildman–Crippen MR) is 53.4 cm³/mol. The zero-order valence-electron chi connectivity index (χ0n) is 6.35. The number of rotatable bonds is 3. The largest absolute Gasteiger partial charge is 0.330 e. The molecule has 0 aromatic carbocycles. The third kappa shape index (κ3) is 2.38. The summed E-state index contributed by atoms with van der Waals surface area (Å²) in [6.45, 7) is 0.888. The van der Waals surface area contributed by atoms with Gasteiger partial charge in [0.25, 0.3) is 0 Å². The van der Waals surface area contributed by atoms with Crippen molar-refractivity contribution >= 4 is 22.6 Å². The van der Waals surface area contributed by atoms with Gasteiger partial charge in [-0.25, -0.2) is 0 Å². The van der Waals surface area contributed by atoms with E-state index in [-0.39, 0.29) is 0 Å². The van der Waals surface area contributed by atoms with Crippen molar-refractivity contribution < 1.29 is 0 Å². The second kappa shape index (κ2) is 4.54. The van der Waals surface area contributed by atoms with Gasteiger partial charge in [0.05, 0.1) is 0 Å². The maximum Gasteiger partial charge on any atom is 0.00238 e. The normalized spacial score (nSPS) is 33.0. The Morgan fingerprint density at radius 3 is 2.50 bits per heavy atom. The van der Waals surface area contributed by atoms with Crippen molar-refractivity contribution in [3.8, 4) is 0 Å². The van der Waals surface area contributed by atoms with Crippen LogP contribution in [0.5, 0.6) is 0 Å². The molecular formula is C8H16IN. The standard InChI is InChI=1S/C8H16IN/c9-6-8-2-1-7(5-8)3-4-10/h7-8H,1-6,10H2. The first-order chi connectivity index (χ1) is 4.86. The van der Waals surface area contributed by atoms with Gasteiger partial charge in [-0.3, -0.25) is 0 Å². The Labute approximate surface area is 76.9 Å². The van der Waals surface area contributed by atoms with Gasteiger partial charge >= 0.3 is 0 Å². The first-order valence-corrected chi connectivity index (χ1v) is 5.65. The Kier molecular flexibility index (Phi) is 3.99. The zero-order valence-corrected chi connectivity index (χ0v) is 8.51. The molecule has 0 heterocycles. The second-order valence-corrected chi connectivity index (χ2v) is 4.16. The lowest BCUT2D eigenvalue weighted by Gasteiger charge is -2.06. The third-order valence-electron chi connectivity index (χ3n) is 2.44. The number of nitrogens with two attached hydrogens (primary N) is 1. The Balaban J connectivity index is 2.15. The van der Waals surface area contributed by atoms with Crippen molar-refractivity contribution in [3.05, 3.63) is 0 Å². The molecule has 1 fully saturated rings. The van der Waals surface area contributed by atoms with Gasteiger partial charge in [-0.2, -0.15) is 0 Å². The van der Waals surface area contributed by atoms with Gasteiger partial charge in [0.15, 0.2) is 0 Å². The van der Waals surface area contributed by atoms with Crippen LogP contribution in [-0.4, -0.2) is 11.0 Å². The molecule has 0 bridgehead atoms. The van der Waals surface area contributed by atoms with E-state index in [4.69, 9.17) is 5.73 Å². The van der Waals surface area contributed by atoms with Crippen LogP contribution in [0, 0.1) is 11.8 Å². The third-order valence-corrected chi connectivity index (χ3v) is 3.69. The smallest absolute Gasteiger partial charge is 0.00238 e. The lowest BCUT2D eigenvalue weighted by atomic mass is 10.0. The summed E-state index contributed by atoms with van der Waals surface area (Å²) in [4.78, 5) is 0. The molecule has 2 atom stereocenters. The van der Waals surface area contributed by atoms with E-state index in [2.05, 4.69) is 22.6 Å². The van der Waals surface area contributed by atoms with Gasteiger partial charge in [0, 0.05) is 4.43 Å². The lowest BCUT2D eigenvalue weighted by Crippen LogP contribution is -2.06. The van der Waals surface area contributed by atoms with E-state index >= 15 is 0 Å². The van der Waals surface area contributed by atoms with E-state index in [1.807, 2.05) is 0 Å². The van der Waals surface area contributed by atoms with Crippen LogP contribution in [0.25, 0.3) is 0 Å². The fourth-order valence-electron chi connectivity index (χ4n) is 1.82. The molecule has 0 saturated heterocycles. The Morgan fingerprint density at radius 2 is 2.00 bits per heavy atom. The molecule has 1 saturated carbocycles. The summed E-state index contributed by atoms with van der Waals surface area (Å²) < 4.78 is 1.35. The molecule has 0 aromatic rings. The molecule has 0 spiro atoms. The maximum absolute atomic E-state index is 5.49. The second-order valence-electron chi connectivity index (χ2n) is 3.28. The van der Waals surface area contributed by atoms with Gasteiger partial charge in [-0.05, 0) is 37.6 Å². The van der Waals surface area contributed by atoms with Crippen LogP contribution in [-0.2, 0) is 0 Å². The average Bonchev–Trinajstić information content (AvgIpc) is 2.37. The fraction of sp³-hybridized carbons (Fsp3) is 1.00. The first kappa shape index (κ1) is 8.78. The summed E-state index contributed by atoms with van der Waals surface area (Å²) in [5.41, 5.74) is 5.49. The van der Waals surface area contributed by atoms with Crippen molar-refractivity contribution in [3.63, 3.8) is 0 Å². The first-order valence-electron chi connectivity index (χ1n) is 4.12. The molecule has 60 valence electrons. The van der Waals surface area contributed by atoms with Gasteiger partial charge in [0.1, 0.15) is 0 Å². The van der Waals surface area contributed by atoms with Gasteiger partial charge in [-0.15, -0.1) is 0 Å². The quantitative estimate of drug-likeness (QED) is 0.605. The minimum atomic E-state index is 0.888. The molecule has 1 nitrogen and oxygen atoms in total. The van der Waals surface area contributed by atoms with E-state index < -0.39 is 0 Å². The van der Waals surface area contributed by atoms with E-state index in [0.29, 0.717) is 0 Å². The number of hydrogen-bond donors (Lipinski definition) is 1. The van der Waals surface area contributed by atoms with E-state index in [1.165, 1.54) is 30.1 Å². The van der Waals surface area contributed by atoms with Crippen molar-refractivity contribution in [1.29, 1.82) is 0 Å². The van der Waals surface area contributed by atoms with Gasteiger partial charge < -0.3 is 5.73 Å². The van der Waals surface area contributed by atoms with Crippen LogP contribution < -0.4 is 5.73 Å². The van der Waals surface area contributed by atoms with Crippen LogP contribution in [0.4, 0.5) is 0 Å². The van der Waals surface area contributed by atoms with Crippen molar-refractivity contribution in [2.24, 2.45) is 17.6 Å². The molecule has 10 heavy (non-hydrogen) atoms. The summed E-state index contributed by atoms with van der Waals surface area (Å²) in [5.74, 6) is 1.97. The molecule has 0 radical (unpaired) electrons. The molecule has 2 heteroatoms. The molecule has 1 aliphatic carbocycles. The van der Waals surface area contributed by atoms with Crippen LogP contribution in [0.15, 0.2) is 0 Å². The monoisotopic (exact) mass is 253 g/mol. The Morgan fingerprint density at radius 1 is 1.30 bits per heavy atom. The highest BCUT2D eigenvalue weighted by atomic mass is 127. The number of hydrogen-bond acceptors (Lipinski definition) is 1. The molecule has 2 N–H and O–H groups in total. The Bertz CT molecular complexity index is 95.3. The maximum atomic E-state index is 5.49. The number of halogens is 1. The van der Waals surface area contributed by atoms with Crippen LogP contribution in [0.3, 0.4) is 0 Å². The summed E-state index contributed by atoms with van der Waals surface area (Å²) in [5, 5.41) is 0. The molecular weight excluding hydrogens is 237 g/mol. The molecule has 1 aliphatic rings.